The summed E-state index contributed by atoms with van der Waals surface area (Å²) in [5, 5.41) is 24.8. The molecule has 1 aliphatic rings. The van der Waals surface area contributed by atoms with Crippen molar-refractivity contribution < 1.29 is 14.9 Å². The summed E-state index contributed by atoms with van der Waals surface area (Å²) >= 11 is 0. The maximum Gasteiger partial charge on any atom is 0.151 e. The molecule has 112 valence electrons. The molecule has 0 bridgehead atoms. The molecule has 21 heavy (non-hydrogen) atoms. The van der Waals surface area contributed by atoms with Gasteiger partial charge in [-0.15, -0.1) is 0 Å². The van der Waals surface area contributed by atoms with Crippen LogP contribution in [0.4, 0.5) is 5.82 Å². The van der Waals surface area contributed by atoms with Crippen molar-refractivity contribution >= 4 is 17.4 Å². The Morgan fingerprint density at radius 2 is 2.29 bits per heavy atom. The highest BCUT2D eigenvalue weighted by Gasteiger charge is 2.52. The summed E-state index contributed by atoms with van der Waals surface area (Å²) in [6.07, 6.45) is 0.781. The summed E-state index contributed by atoms with van der Waals surface area (Å²) in [6, 6.07) is 1.79. The molecule has 1 fully saturated rings. The highest BCUT2D eigenvalue weighted by Crippen LogP contribution is 2.42. The van der Waals surface area contributed by atoms with E-state index in [1.165, 1.54) is 6.33 Å². The van der Waals surface area contributed by atoms with Crippen LogP contribution >= 0.6 is 0 Å². The first-order valence-electron chi connectivity index (χ1n) is 6.68. The van der Waals surface area contributed by atoms with E-state index in [9.17, 15) is 10.2 Å². The molecule has 0 unspecified atom stereocenters. The summed E-state index contributed by atoms with van der Waals surface area (Å²) < 4.78 is 7.30. The fourth-order valence-electron chi connectivity index (χ4n) is 2.89. The molecule has 7 heteroatoms. The van der Waals surface area contributed by atoms with Gasteiger partial charge in [-0.25, -0.2) is 9.50 Å². The number of ether oxygens (including phenoxy) is 1. The van der Waals surface area contributed by atoms with Gasteiger partial charge in [0, 0.05) is 5.56 Å². The number of aromatic nitrogens is 3. The number of aliphatic hydroxyl groups excluding tert-OH is 1. The van der Waals surface area contributed by atoms with Gasteiger partial charge < -0.3 is 20.7 Å². The van der Waals surface area contributed by atoms with Gasteiger partial charge in [-0.05, 0) is 19.9 Å². The van der Waals surface area contributed by atoms with Gasteiger partial charge in [0.15, 0.2) is 5.82 Å². The normalized spacial score (nSPS) is 32.7. The number of anilines is 1. The Hall–Kier alpha value is -1.96. The van der Waals surface area contributed by atoms with E-state index in [2.05, 4.69) is 16.7 Å². The maximum absolute atomic E-state index is 10.6. The molecule has 4 atom stereocenters. The molecule has 1 aliphatic heterocycles. The Morgan fingerprint density at radius 1 is 1.57 bits per heavy atom. The summed E-state index contributed by atoms with van der Waals surface area (Å²) in [5.41, 5.74) is 6.42. The first-order valence-corrected chi connectivity index (χ1v) is 6.68. The molecule has 0 spiro atoms. The topological polar surface area (TPSA) is 106 Å². The Balaban J connectivity index is 2.23. The molecule has 3 heterocycles. The van der Waals surface area contributed by atoms with Gasteiger partial charge in [-0.2, -0.15) is 5.10 Å². The minimum atomic E-state index is -1.42. The summed E-state index contributed by atoms with van der Waals surface area (Å²) in [5.74, 6) is 0.317. The molecule has 0 amide bonds. The minimum absolute atomic E-state index is 0.317. The maximum atomic E-state index is 10.6. The molecule has 0 aliphatic carbocycles. The molecule has 2 aromatic rings. The highest BCUT2D eigenvalue weighted by molar-refractivity contribution is 5.79. The highest BCUT2D eigenvalue weighted by atomic mass is 16.5. The molecular formula is C14H18N4O3. The zero-order valence-electron chi connectivity index (χ0n) is 11.9. The van der Waals surface area contributed by atoms with Gasteiger partial charge in [0.2, 0.25) is 0 Å². The quantitative estimate of drug-likeness (QED) is 0.745. The van der Waals surface area contributed by atoms with Crippen LogP contribution in [0.2, 0.25) is 0 Å². The van der Waals surface area contributed by atoms with Crippen LogP contribution in [0.1, 0.15) is 31.2 Å². The van der Waals surface area contributed by atoms with Crippen LogP contribution < -0.4 is 5.73 Å². The molecule has 0 aromatic carbocycles. The van der Waals surface area contributed by atoms with Crippen LogP contribution in [0, 0.1) is 0 Å². The van der Waals surface area contributed by atoms with Gasteiger partial charge in [0.25, 0.3) is 0 Å². The molecule has 0 saturated carbocycles. The molecule has 4 N–H and O–H groups in total. The number of rotatable bonds is 2. The smallest absolute Gasteiger partial charge is 0.151 e. The van der Waals surface area contributed by atoms with E-state index in [-0.39, 0.29) is 0 Å². The zero-order valence-corrected chi connectivity index (χ0v) is 11.9. The summed E-state index contributed by atoms with van der Waals surface area (Å²) in [4.78, 5) is 3.97. The van der Waals surface area contributed by atoms with E-state index in [4.69, 9.17) is 10.5 Å². The van der Waals surface area contributed by atoms with Crippen molar-refractivity contribution in [1.82, 2.24) is 14.6 Å². The Bertz CT molecular complexity index is 710. The third kappa shape index (κ3) is 1.85. The number of aliphatic hydroxyl groups is 2. The average molecular weight is 290 g/mol. The van der Waals surface area contributed by atoms with Crippen molar-refractivity contribution in [3.05, 3.63) is 30.2 Å². The second-order valence-corrected chi connectivity index (χ2v) is 5.53. The zero-order chi connectivity index (χ0) is 15.4. The van der Waals surface area contributed by atoms with Gasteiger partial charge >= 0.3 is 0 Å². The molecule has 1 saturated heterocycles. The van der Waals surface area contributed by atoms with Crippen molar-refractivity contribution in [2.75, 3.05) is 5.73 Å². The Kier molecular flexibility index (Phi) is 3.01. The van der Waals surface area contributed by atoms with Crippen LogP contribution in [0.5, 0.6) is 0 Å². The Labute approximate surface area is 121 Å². The number of nitrogens with zero attached hydrogens (tertiary/aromatic N) is 3. The third-order valence-corrected chi connectivity index (χ3v) is 4.05. The number of nitrogens with two attached hydrogens (primary N) is 1. The van der Waals surface area contributed by atoms with Gasteiger partial charge in [0.1, 0.15) is 29.7 Å². The molecule has 3 rings (SSSR count). The van der Waals surface area contributed by atoms with Crippen molar-refractivity contribution in [2.45, 2.75) is 37.8 Å². The largest absolute Gasteiger partial charge is 0.387 e. The van der Waals surface area contributed by atoms with E-state index in [0.29, 0.717) is 17.0 Å². The second-order valence-electron chi connectivity index (χ2n) is 5.53. The van der Waals surface area contributed by atoms with Gasteiger partial charge in [-0.3, -0.25) is 0 Å². The summed E-state index contributed by atoms with van der Waals surface area (Å²) in [6.45, 7) is 7.01. The first-order chi connectivity index (χ1) is 9.87. The lowest BCUT2D eigenvalue weighted by Gasteiger charge is -2.26. The molecule has 0 radical (unpaired) electrons. The number of nitrogen functional groups attached to an aromatic ring is 1. The van der Waals surface area contributed by atoms with E-state index >= 15 is 0 Å². The standard InChI is InChI=1S/C14H18N4O3/c1-4-8-5-9(18-10(8)13(15)16-6-17-18)12-14(3,20)11(19)7(2)21-12/h4-7,11-12,19-20H,1H2,2-3H3,(H2,15,16,17)/t7-,11-,12+,14-/m1/s1. The predicted molar refractivity (Wildman–Crippen MR) is 77.4 cm³/mol. The predicted octanol–water partition coefficient (Wildman–Crippen LogP) is 0.526. The minimum Gasteiger partial charge on any atom is -0.387 e. The van der Waals surface area contributed by atoms with Crippen molar-refractivity contribution in [3.63, 3.8) is 0 Å². The Morgan fingerprint density at radius 3 is 2.86 bits per heavy atom. The van der Waals surface area contributed by atoms with Crippen LogP contribution in [-0.2, 0) is 4.74 Å². The number of hydrogen-bond acceptors (Lipinski definition) is 6. The van der Waals surface area contributed by atoms with Gasteiger partial charge in [0.05, 0.1) is 11.8 Å². The lowest BCUT2D eigenvalue weighted by Crippen LogP contribution is -2.41. The van der Waals surface area contributed by atoms with E-state index in [1.807, 2.05) is 0 Å². The van der Waals surface area contributed by atoms with Gasteiger partial charge in [-0.1, -0.05) is 12.7 Å². The molecule has 2 aromatic heterocycles. The lowest BCUT2D eigenvalue weighted by molar-refractivity contribution is -0.0664. The van der Waals surface area contributed by atoms with Crippen LogP contribution in [0.15, 0.2) is 19.0 Å². The fraction of sp³-hybridized carbons (Fsp3) is 0.429. The summed E-state index contributed by atoms with van der Waals surface area (Å²) in [7, 11) is 0. The SMILES string of the molecule is C=Cc1cc([C@@H]2O[C@H](C)[C@@H](O)[C@@]2(C)O)n2ncnc(N)c12. The van der Waals surface area contributed by atoms with E-state index < -0.39 is 23.9 Å². The molecular weight excluding hydrogens is 272 g/mol. The number of hydrogen-bond donors (Lipinski definition) is 3. The van der Waals surface area contributed by atoms with E-state index in [0.717, 1.165) is 5.56 Å². The van der Waals surface area contributed by atoms with Crippen molar-refractivity contribution in [1.29, 1.82) is 0 Å². The average Bonchev–Trinajstić information content (AvgIpc) is 2.91. The van der Waals surface area contributed by atoms with Crippen LogP contribution in [0.25, 0.3) is 11.6 Å². The lowest BCUT2D eigenvalue weighted by atomic mass is 9.91. The first kappa shape index (κ1) is 14.0. The third-order valence-electron chi connectivity index (χ3n) is 4.05. The second kappa shape index (κ2) is 4.52. The fourth-order valence-corrected chi connectivity index (χ4v) is 2.89. The monoisotopic (exact) mass is 290 g/mol. The van der Waals surface area contributed by atoms with Crippen LogP contribution in [0.3, 0.4) is 0 Å². The van der Waals surface area contributed by atoms with Crippen molar-refractivity contribution in [2.24, 2.45) is 0 Å². The van der Waals surface area contributed by atoms with Crippen LogP contribution in [-0.4, -0.2) is 42.6 Å². The number of fused-ring (bicyclic) bond motifs is 1. The van der Waals surface area contributed by atoms with E-state index in [1.54, 1.807) is 30.5 Å². The van der Waals surface area contributed by atoms with Crippen molar-refractivity contribution in [3.8, 4) is 0 Å². The molecule has 7 nitrogen and oxygen atoms in total.